The van der Waals surface area contributed by atoms with E-state index in [2.05, 4.69) is 15.9 Å². The number of hydrogen-bond acceptors (Lipinski definition) is 2. The molecule has 0 aromatic heterocycles. The second-order valence-electron chi connectivity index (χ2n) is 4.16. The molecule has 2 nitrogen and oxygen atoms in total. The van der Waals surface area contributed by atoms with Gasteiger partial charge in [-0.05, 0) is 35.4 Å². The molecule has 20 heavy (non-hydrogen) atoms. The maximum absolute atomic E-state index is 13.7. The number of halogens is 3. The summed E-state index contributed by atoms with van der Waals surface area (Å²) in [6, 6.07) is 9.59. The van der Waals surface area contributed by atoms with E-state index in [-0.39, 0.29) is 12.4 Å². The van der Waals surface area contributed by atoms with Crippen molar-refractivity contribution in [3.05, 3.63) is 59.2 Å². The molecule has 0 fully saturated rings. The van der Waals surface area contributed by atoms with Crippen molar-refractivity contribution in [1.82, 2.24) is 0 Å². The third kappa shape index (κ3) is 3.48. The minimum atomic E-state index is -0.701. The summed E-state index contributed by atoms with van der Waals surface area (Å²) in [6.45, 7) is 0.0888. The summed E-state index contributed by atoms with van der Waals surface area (Å²) >= 11 is 3.15. The Morgan fingerprint density at radius 2 is 1.60 bits per heavy atom. The number of methoxy groups -OCH3 is 1. The molecule has 0 N–H and O–H groups in total. The van der Waals surface area contributed by atoms with Crippen LogP contribution in [-0.2, 0) is 11.9 Å². The predicted molar refractivity (Wildman–Crippen MR) is 76.3 cm³/mol. The molecule has 0 aliphatic heterocycles. The standard InChI is InChI=1S/C15H13BrF2O2/c1-19-12-4-2-10(3-5-12)9-20-15-13(17)6-11(8-16)7-14(15)18/h2-7H,8-9H2,1H3. The summed E-state index contributed by atoms with van der Waals surface area (Å²) in [7, 11) is 1.57. The van der Waals surface area contributed by atoms with Gasteiger partial charge < -0.3 is 9.47 Å². The first kappa shape index (κ1) is 14.8. The lowest BCUT2D eigenvalue weighted by molar-refractivity contribution is 0.273. The van der Waals surface area contributed by atoms with E-state index in [0.717, 1.165) is 5.56 Å². The lowest BCUT2D eigenvalue weighted by Crippen LogP contribution is -2.01. The molecule has 0 spiro atoms. The van der Waals surface area contributed by atoms with E-state index in [1.807, 2.05) is 0 Å². The minimum Gasteiger partial charge on any atom is -0.497 e. The molecular weight excluding hydrogens is 330 g/mol. The number of benzene rings is 2. The minimum absolute atomic E-state index is 0.0888. The molecule has 0 atom stereocenters. The maximum Gasteiger partial charge on any atom is 0.191 e. The SMILES string of the molecule is COc1ccc(COc2c(F)cc(CBr)cc2F)cc1. The van der Waals surface area contributed by atoms with Crippen LogP contribution in [0, 0.1) is 11.6 Å². The van der Waals surface area contributed by atoms with Gasteiger partial charge >= 0.3 is 0 Å². The topological polar surface area (TPSA) is 18.5 Å². The number of rotatable bonds is 5. The van der Waals surface area contributed by atoms with Crippen LogP contribution < -0.4 is 9.47 Å². The van der Waals surface area contributed by atoms with Gasteiger partial charge in [0.1, 0.15) is 12.4 Å². The molecule has 2 rings (SSSR count). The molecule has 0 bridgehead atoms. The Balaban J connectivity index is 2.10. The Kier molecular flexibility index (Phi) is 4.95. The second kappa shape index (κ2) is 6.70. The molecule has 5 heteroatoms. The third-order valence-electron chi connectivity index (χ3n) is 2.75. The van der Waals surface area contributed by atoms with Gasteiger partial charge in [-0.2, -0.15) is 0 Å². The van der Waals surface area contributed by atoms with E-state index in [1.54, 1.807) is 31.4 Å². The second-order valence-corrected chi connectivity index (χ2v) is 4.72. The number of alkyl halides is 1. The highest BCUT2D eigenvalue weighted by Gasteiger charge is 2.12. The lowest BCUT2D eigenvalue weighted by atomic mass is 10.2. The van der Waals surface area contributed by atoms with Gasteiger partial charge in [-0.15, -0.1) is 0 Å². The van der Waals surface area contributed by atoms with Gasteiger partial charge in [0.15, 0.2) is 17.4 Å². The molecule has 0 amide bonds. The highest BCUT2D eigenvalue weighted by atomic mass is 79.9. The van der Waals surface area contributed by atoms with Crippen LogP contribution in [0.1, 0.15) is 11.1 Å². The molecule has 2 aromatic carbocycles. The first-order chi connectivity index (χ1) is 9.63. The van der Waals surface area contributed by atoms with E-state index < -0.39 is 11.6 Å². The van der Waals surface area contributed by atoms with Crippen LogP contribution >= 0.6 is 15.9 Å². The molecule has 0 radical (unpaired) electrons. The summed E-state index contributed by atoms with van der Waals surface area (Å²) in [5.74, 6) is -1.04. The summed E-state index contributed by atoms with van der Waals surface area (Å²) < 4.78 is 37.7. The van der Waals surface area contributed by atoms with Crippen molar-refractivity contribution in [3.8, 4) is 11.5 Å². The first-order valence-electron chi connectivity index (χ1n) is 5.93. The van der Waals surface area contributed by atoms with Crippen molar-refractivity contribution in [2.75, 3.05) is 7.11 Å². The molecule has 0 saturated heterocycles. The van der Waals surface area contributed by atoms with Crippen LogP contribution in [0.4, 0.5) is 8.78 Å². The van der Waals surface area contributed by atoms with Crippen LogP contribution in [0.15, 0.2) is 36.4 Å². The summed E-state index contributed by atoms with van der Waals surface area (Å²) in [5, 5.41) is 0.388. The quantitative estimate of drug-likeness (QED) is 0.747. The van der Waals surface area contributed by atoms with Crippen molar-refractivity contribution in [2.45, 2.75) is 11.9 Å². The molecule has 2 aromatic rings. The van der Waals surface area contributed by atoms with Gasteiger partial charge in [0, 0.05) is 5.33 Å². The van der Waals surface area contributed by atoms with Crippen LogP contribution in [0.25, 0.3) is 0 Å². The Labute approximate surface area is 124 Å². The number of hydrogen-bond donors (Lipinski definition) is 0. The van der Waals surface area contributed by atoms with Gasteiger partial charge in [-0.1, -0.05) is 28.1 Å². The van der Waals surface area contributed by atoms with E-state index in [1.165, 1.54) is 12.1 Å². The fourth-order valence-corrected chi connectivity index (χ4v) is 2.03. The van der Waals surface area contributed by atoms with Gasteiger partial charge in [0.25, 0.3) is 0 Å². The highest BCUT2D eigenvalue weighted by molar-refractivity contribution is 9.08. The summed E-state index contributed by atoms with van der Waals surface area (Å²) in [4.78, 5) is 0. The Morgan fingerprint density at radius 3 is 2.10 bits per heavy atom. The molecule has 0 aliphatic carbocycles. The van der Waals surface area contributed by atoms with E-state index in [0.29, 0.717) is 16.6 Å². The fraction of sp³-hybridized carbons (Fsp3) is 0.200. The highest BCUT2D eigenvalue weighted by Crippen LogP contribution is 2.25. The molecular formula is C15H13BrF2O2. The average Bonchev–Trinajstić information content (AvgIpc) is 2.46. The molecule has 0 heterocycles. The average molecular weight is 343 g/mol. The van der Waals surface area contributed by atoms with Crippen LogP contribution in [0.5, 0.6) is 11.5 Å². The Hall–Kier alpha value is -1.62. The smallest absolute Gasteiger partial charge is 0.191 e. The van der Waals surface area contributed by atoms with Crippen LogP contribution in [0.2, 0.25) is 0 Å². The number of ether oxygens (including phenoxy) is 2. The molecule has 0 aliphatic rings. The monoisotopic (exact) mass is 342 g/mol. The van der Waals surface area contributed by atoms with Gasteiger partial charge in [-0.3, -0.25) is 0 Å². The van der Waals surface area contributed by atoms with Gasteiger partial charge in [0.05, 0.1) is 7.11 Å². The summed E-state index contributed by atoms with van der Waals surface area (Å²) in [5.41, 5.74) is 1.32. The van der Waals surface area contributed by atoms with Crippen molar-refractivity contribution in [3.63, 3.8) is 0 Å². The zero-order valence-corrected chi connectivity index (χ0v) is 12.4. The molecule has 0 saturated carbocycles. The largest absolute Gasteiger partial charge is 0.497 e. The third-order valence-corrected chi connectivity index (χ3v) is 3.40. The Bertz CT molecular complexity index is 562. The summed E-state index contributed by atoms with van der Waals surface area (Å²) in [6.07, 6.45) is 0. The van der Waals surface area contributed by atoms with Crippen molar-refractivity contribution >= 4 is 15.9 Å². The zero-order valence-electron chi connectivity index (χ0n) is 10.8. The van der Waals surface area contributed by atoms with Gasteiger partial charge in [-0.25, -0.2) is 8.78 Å². The molecule has 106 valence electrons. The van der Waals surface area contributed by atoms with E-state index >= 15 is 0 Å². The van der Waals surface area contributed by atoms with Crippen LogP contribution in [-0.4, -0.2) is 7.11 Å². The van der Waals surface area contributed by atoms with E-state index in [4.69, 9.17) is 9.47 Å². The van der Waals surface area contributed by atoms with E-state index in [9.17, 15) is 8.78 Å². The normalized spacial score (nSPS) is 10.4. The van der Waals surface area contributed by atoms with Crippen molar-refractivity contribution in [2.24, 2.45) is 0 Å². The van der Waals surface area contributed by atoms with Gasteiger partial charge in [0.2, 0.25) is 0 Å². The molecule has 0 unspecified atom stereocenters. The lowest BCUT2D eigenvalue weighted by Gasteiger charge is -2.10. The first-order valence-corrected chi connectivity index (χ1v) is 7.06. The zero-order chi connectivity index (χ0) is 14.5. The predicted octanol–water partition coefficient (Wildman–Crippen LogP) is 4.45. The maximum atomic E-state index is 13.7. The van der Waals surface area contributed by atoms with Crippen molar-refractivity contribution < 1.29 is 18.3 Å². The van der Waals surface area contributed by atoms with Crippen LogP contribution in [0.3, 0.4) is 0 Å². The van der Waals surface area contributed by atoms with Crippen molar-refractivity contribution in [1.29, 1.82) is 0 Å². The Morgan fingerprint density at radius 1 is 1.00 bits per heavy atom. The fourth-order valence-electron chi connectivity index (χ4n) is 1.70.